The van der Waals surface area contributed by atoms with Crippen LogP contribution in [0.4, 0.5) is 11.5 Å². The number of fused-ring (bicyclic) bond motifs is 2. The van der Waals surface area contributed by atoms with Gasteiger partial charge < -0.3 is 24.2 Å². The number of halogens is 1. The van der Waals surface area contributed by atoms with Gasteiger partial charge in [-0.15, -0.1) is 12.6 Å². The minimum Gasteiger partial charge on any atom is -0.453 e. The van der Waals surface area contributed by atoms with Crippen molar-refractivity contribution >= 4 is 52.4 Å². The number of ether oxygens (including phenoxy) is 2. The number of carbonyl (C=O) groups is 1. The Morgan fingerprint density at radius 1 is 1.20 bits per heavy atom. The number of rotatable bonds is 8. The average molecular weight is 579 g/mol. The van der Waals surface area contributed by atoms with Crippen molar-refractivity contribution in [1.29, 1.82) is 5.26 Å². The van der Waals surface area contributed by atoms with E-state index in [2.05, 4.69) is 53.3 Å². The van der Waals surface area contributed by atoms with Crippen LogP contribution in [0.25, 0.3) is 10.8 Å². The first-order valence-corrected chi connectivity index (χ1v) is 14.1. The number of carbonyl (C=O) groups excluding carboxylic acids is 1. The molecule has 1 saturated heterocycles. The number of amides is 1. The number of hydrogen-bond acceptors (Lipinski definition) is 9. The van der Waals surface area contributed by atoms with Crippen molar-refractivity contribution in [3.8, 4) is 12.1 Å². The summed E-state index contributed by atoms with van der Waals surface area (Å²) in [4.78, 5) is 28.7. The van der Waals surface area contributed by atoms with E-state index in [1.165, 1.54) is 7.11 Å². The number of aromatic nitrogens is 2. The third-order valence-corrected chi connectivity index (χ3v) is 7.82. The van der Waals surface area contributed by atoms with Crippen LogP contribution in [-0.2, 0) is 22.5 Å². The molecule has 11 heteroatoms. The van der Waals surface area contributed by atoms with Crippen LogP contribution >= 0.6 is 24.2 Å². The van der Waals surface area contributed by atoms with E-state index < -0.39 is 0 Å². The van der Waals surface area contributed by atoms with Crippen molar-refractivity contribution in [3.05, 3.63) is 64.8 Å². The normalized spacial score (nSPS) is 16.9. The summed E-state index contributed by atoms with van der Waals surface area (Å²) in [5, 5.41) is 12.4. The number of piperazine rings is 1. The summed E-state index contributed by atoms with van der Waals surface area (Å²) < 4.78 is 10.8. The molecule has 2 aliphatic heterocycles. The first-order chi connectivity index (χ1) is 19.4. The molecular weight excluding hydrogens is 548 g/mol. The van der Waals surface area contributed by atoms with Gasteiger partial charge in [0.15, 0.2) is 0 Å². The van der Waals surface area contributed by atoms with E-state index in [0.717, 1.165) is 46.5 Å². The maximum atomic E-state index is 13.0. The van der Waals surface area contributed by atoms with Gasteiger partial charge in [-0.05, 0) is 23.9 Å². The number of anilines is 2. The van der Waals surface area contributed by atoms with Crippen LogP contribution in [0.15, 0.2) is 48.6 Å². The summed E-state index contributed by atoms with van der Waals surface area (Å²) in [7, 11) is 1.53. The van der Waals surface area contributed by atoms with Crippen LogP contribution in [0.1, 0.15) is 17.7 Å². The molecule has 40 heavy (non-hydrogen) atoms. The second kappa shape index (κ2) is 12.3. The van der Waals surface area contributed by atoms with E-state index in [4.69, 9.17) is 31.0 Å². The molecule has 0 unspecified atom stereocenters. The molecule has 1 atom stereocenters. The molecular formula is C29H31ClN6O3S. The molecule has 0 N–H and O–H groups in total. The van der Waals surface area contributed by atoms with Gasteiger partial charge in [0.1, 0.15) is 11.8 Å². The second-order valence-electron chi connectivity index (χ2n) is 9.81. The molecule has 1 aromatic heterocycles. The highest BCUT2D eigenvalue weighted by atomic mass is 35.5. The number of nitrogens with zero attached hydrogens (tertiary/aromatic N) is 6. The molecule has 0 bridgehead atoms. The highest BCUT2D eigenvalue weighted by Gasteiger charge is 2.34. The van der Waals surface area contributed by atoms with Crippen LogP contribution < -0.4 is 14.5 Å². The first-order valence-electron chi connectivity index (χ1n) is 13.1. The zero-order chi connectivity index (χ0) is 28.2. The Morgan fingerprint density at radius 3 is 2.75 bits per heavy atom. The van der Waals surface area contributed by atoms with Crippen LogP contribution in [0.2, 0.25) is 5.02 Å². The van der Waals surface area contributed by atoms with E-state index in [9.17, 15) is 10.1 Å². The van der Waals surface area contributed by atoms with E-state index in [1.54, 1.807) is 4.90 Å². The number of hydrogen-bond donors (Lipinski definition) is 1. The van der Waals surface area contributed by atoms with Gasteiger partial charge in [0.2, 0.25) is 0 Å². The predicted molar refractivity (Wildman–Crippen MR) is 159 cm³/mol. The summed E-state index contributed by atoms with van der Waals surface area (Å²) in [6.07, 6.45) is 0.921. The van der Waals surface area contributed by atoms with E-state index in [1.807, 2.05) is 18.2 Å². The van der Waals surface area contributed by atoms with Crippen molar-refractivity contribution in [2.75, 3.05) is 55.6 Å². The fourth-order valence-electron chi connectivity index (χ4n) is 5.55. The minimum atomic E-state index is -0.308. The molecule has 3 heterocycles. The lowest BCUT2D eigenvalue weighted by atomic mass is 10.0. The van der Waals surface area contributed by atoms with Gasteiger partial charge in [0.25, 0.3) is 5.91 Å². The smallest absolute Gasteiger partial charge is 0.319 e. The van der Waals surface area contributed by atoms with E-state index in [-0.39, 0.29) is 36.9 Å². The molecule has 1 amide bonds. The Hall–Kier alpha value is -3.52. The van der Waals surface area contributed by atoms with Gasteiger partial charge in [-0.1, -0.05) is 42.4 Å². The summed E-state index contributed by atoms with van der Waals surface area (Å²) in [5.74, 6) is 0.736. The Morgan fingerprint density at radius 2 is 2.00 bits per heavy atom. The molecule has 0 radical (unpaired) electrons. The fraction of sp³-hybridized carbons (Fsp3) is 0.379. The lowest BCUT2D eigenvalue weighted by Crippen LogP contribution is -2.56. The van der Waals surface area contributed by atoms with Crippen LogP contribution in [-0.4, -0.2) is 72.7 Å². The van der Waals surface area contributed by atoms with Crippen LogP contribution in [0.5, 0.6) is 6.01 Å². The third kappa shape index (κ3) is 5.55. The molecule has 2 aliphatic rings. The highest BCUT2D eigenvalue weighted by molar-refractivity contribution is 7.80. The standard InChI is InChI=1S/C29H31ClN6O3S/c1-19(17-38-2)28(37)36-14-13-35(15-21(36)9-11-31)27-22-10-12-34(16-24(22)32-29(33-27)39-18-40)25-8-4-6-20-5-3-7-23(30)26(20)25/h3-8,21,40H,1,9-10,12-18H2,2H3/t21-/m0/s1. The number of methoxy groups -OCH3 is 1. The van der Waals surface area contributed by atoms with E-state index >= 15 is 0 Å². The largest absolute Gasteiger partial charge is 0.453 e. The molecule has 5 rings (SSSR count). The molecule has 1 fully saturated rings. The van der Waals surface area contributed by atoms with Crippen LogP contribution in [0.3, 0.4) is 0 Å². The van der Waals surface area contributed by atoms with Crippen molar-refractivity contribution < 1.29 is 14.3 Å². The summed E-state index contributed by atoms with van der Waals surface area (Å²) in [6, 6.07) is 14.3. The molecule has 208 valence electrons. The summed E-state index contributed by atoms with van der Waals surface area (Å²) >= 11 is 10.9. The van der Waals surface area contributed by atoms with Gasteiger partial charge in [-0.2, -0.15) is 15.2 Å². The summed E-state index contributed by atoms with van der Waals surface area (Å²) in [6.45, 7) is 6.81. The Bertz CT molecular complexity index is 1470. The van der Waals surface area contributed by atoms with Crippen molar-refractivity contribution in [2.45, 2.75) is 25.4 Å². The third-order valence-electron chi connectivity index (χ3n) is 7.38. The van der Waals surface area contributed by atoms with Crippen molar-refractivity contribution in [1.82, 2.24) is 14.9 Å². The first kappa shape index (κ1) is 28.0. The number of nitriles is 1. The second-order valence-corrected chi connectivity index (χ2v) is 10.5. The highest BCUT2D eigenvalue weighted by Crippen LogP contribution is 2.37. The summed E-state index contributed by atoms with van der Waals surface area (Å²) in [5.41, 5.74) is 3.36. The molecule has 9 nitrogen and oxygen atoms in total. The fourth-order valence-corrected chi connectivity index (χ4v) is 5.95. The van der Waals surface area contributed by atoms with Gasteiger partial charge in [-0.3, -0.25) is 4.79 Å². The molecule has 2 aromatic carbocycles. The van der Waals surface area contributed by atoms with Gasteiger partial charge in [0.05, 0.1) is 42.4 Å². The quantitative estimate of drug-likeness (QED) is 0.241. The zero-order valence-corrected chi connectivity index (χ0v) is 24.0. The zero-order valence-electron chi connectivity index (χ0n) is 22.3. The number of benzene rings is 2. The molecule has 0 spiro atoms. The van der Waals surface area contributed by atoms with Crippen LogP contribution in [0, 0.1) is 11.3 Å². The molecule has 3 aromatic rings. The SMILES string of the molecule is C=C(COC)C(=O)N1CCN(c2nc(OCS)nc3c2CCN(c2cccc4cccc(Cl)c24)C3)C[C@@H]1CC#N. The molecule has 0 aliphatic carbocycles. The minimum absolute atomic E-state index is 0.141. The van der Waals surface area contributed by atoms with E-state index in [0.29, 0.717) is 36.8 Å². The number of thiol groups is 1. The van der Waals surface area contributed by atoms with Crippen molar-refractivity contribution in [3.63, 3.8) is 0 Å². The topological polar surface area (TPSA) is 94.8 Å². The van der Waals surface area contributed by atoms with Gasteiger partial charge in [-0.25, -0.2) is 0 Å². The Balaban J connectivity index is 1.46. The Labute approximate surface area is 244 Å². The lowest BCUT2D eigenvalue weighted by Gasteiger charge is -2.42. The maximum absolute atomic E-state index is 13.0. The molecule has 0 saturated carbocycles. The predicted octanol–water partition coefficient (Wildman–Crippen LogP) is 4.25. The van der Waals surface area contributed by atoms with Gasteiger partial charge in [0, 0.05) is 55.5 Å². The van der Waals surface area contributed by atoms with Crippen molar-refractivity contribution in [2.24, 2.45) is 0 Å². The monoisotopic (exact) mass is 578 g/mol. The average Bonchev–Trinajstić information content (AvgIpc) is 2.96. The lowest BCUT2D eigenvalue weighted by molar-refractivity contribution is -0.130. The Kier molecular flexibility index (Phi) is 8.64. The maximum Gasteiger partial charge on any atom is 0.319 e. The van der Waals surface area contributed by atoms with Gasteiger partial charge >= 0.3 is 6.01 Å².